The maximum Gasteiger partial charge on any atom is 0.0685 e. The Kier molecular flexibility index (Phi) is 3.08. The standard InChI is InChI=1S/C9H13NO/c1-10-6-8-4-2-3-5-9(8)7-11/h2-5,10-11H,6-7H2,1H3. The summed E-state index contributed by atoms with van der Waals surface area (Å²) < 4.78 is 0. The molecule has 0 saturated heterocycles. The molecule has 1 aromatic carbocycles. The van der Waals surface area contributed by atoms with Crippen LogP contribution in [0.5, 0.6) is 0 Å². The summed E-state index contributed by atoms with van der Waals surface area (Å²) in [6, 6.07) is 7.87. The van der Waals surface area contributed by atoms with Crippen molar-refractivity contribution < 1.29 is 5.11 Å². The van der Waals surface area contributed by atoms with Gasteiger partial charge in [0.05, 0.1) is 6.61 Å². The Morgan fingerprint density at radius 1 is 1.27 bits per heavy atom. The van der Waals surface area contributed by atoms with E-state index in [2.05, 4.69) is 5.32 Å². The zero-order valence-corrected chi connectivity index (χ0v) is 6.67. The van der Waals surface area contributed by atoms with E-state index in [1.807, 2.05) is 31.3 Å². The van der Waals surface area contributed by atoms with Gasteiger partial charge < -0.3 is 10.4 Å². The van der Waals surface area contributed by atoms with Gasteiger partial charge in [-0.25, -0.2) is 0 Å². The lowest BCUT2D eigenvalue weighted by Crippen LogP contribution is -2.07. The molecule has 1 rings (SSSR count). The number of hydrogen-bond donors (Lipinski definition) is 2. The van der Waals surface area contributed by atoms with Crippen LogP contribution in [-0.4, -0.2) is 12.2 Å². The van der Waals surface area contributed by atoms with Gasteiger partial charge >= 0.3 is 0 Å². The van der Waals surface area contributed by atoms with Crippen LogP contribution in [0.25, 0.3) is 0 Å². The van der Waals surface area contributed by atoms with Crippen molar-refractivity contribution in [2.24, 2.45) is 0 Å². The second kappa shape index (κ2) is 4.11. The monoisotopic (exact) mass is 151 g/mol. The van der Waals surface area contributed by atoms with Gasteiger partial charge in [0, 0.05) is 6.54 Å². The molecular weight excluding hydrogens is 138 g/mol. The van der Waals surface area contributed by atoms with Gasteiger partial charge in [0.25, 0.3) is 0 Å². The molecule has 1 aromatic rings. The summed E-state index contributed by atoms with van der Waals surface area (Å²) in [5.74, 6) is 0. The van der Waals surface area contributed by atoms with Crippen LogP contribution in [-0.2, 0) is 13.2 Å². The van der Waals surface area contributed by atoms with E-state index in [-0.39, 0.29) is 6.61 Å². The van der Waals surface area contributed by atoms with Gasteiger partial charge in [-0.3, -0.25) is 0 Å². The molecule has 0 bridgehead atoms. The third kappa shape index (κ3) is 2.03. The Bertz CT molecular complexity index is 223. The SMILES string of the molecule is CNCc1ccccc1CO. The Morgan fingerprint density at radius 3 is 2.45 bits per heavy atom. The van der Waals surface area contributed by atoms with Gasteiger partial charge in [0.15, 0.2) is 0 Å². The Balaban J connectivity index is 2.83. The second-order valence-electron chi connectivity index (χ2n) is 2.46. The predicted molar refractivity (Wildman–Crippen MR) is 45.1 cm³/mol. The molecule has 0 aliphatic rings. The van der Waals surface area contributed by atoms with Crippen molar-refractivity contribution in [2.75, 3.05) is 7.05 Å². The molecular formula is C9H13NO. The molecule has 0 atom stereocenters. The Morgan fingerprint density at radius 2 is 1.91 bits per heavy atom. The van der Waals surface area contributed by atoms with Crippen LogP contribution in [0, 0.1) is 0 Å². The minimum absolute atomic E-state index is 0.123. The van der Waals surface area contributed by atoms with Gasteiger partial charge in [0.1, 0.15) is 0 Å². The van der Waals surface area contributed by atoms with Crippen molar-refractivity contribution in [3.05, 3.63) is 35.4 Å². The van der Waals surface area contributed by atoms with Crippen LogP contribution >= 0.6 is 0 Å². The van der Waals surface area contributed by atoms with Crippen molar-refractivity contribution in [1.29, 1.82) is 0 Å². The largest absolute Gasteiger partial charge is 0.392 e. The average Bonchev–Trinajstić information content (AvgIpc) is 2.06. The van der Waals surface area contributed by atoms with Crippen molar-refractivity contribution in [3.63, 3.8) is 0 Å². The molecule has 0 aliphatic heterocycles. The first-order valence-corrected chi connectivity index (χ1v) is 3.70. The van der Waals surface area contributed by atoms with Crippen molar-refractivity contribution in [2.45, 2.75) is 13.2 Å². The maximum absolute atomic E-state index is 8.92. The molecule has 60 valence electrons. The fourth-order valence-electron chi connectivity index (χ4n) is 1.07. The molecule has 0 radical (unpaired) electrons. The van der Waals surface area contributed by atoms with Gasteiger partial charge in [-0.2, -0.15) is 0 Å². The van der Waals surface area contributed by atoms with Crippen LogP contribution in [0.2, 0.25) is 0 Å². The summed E-state index contributed by atoms with van der Waals surface area (Å²) in [4.78, 5) is 0. The fourth-order valence-corrected chi connectivity index (χ4v) is 1.07. The number of rotatable bonds is 3. The molecule has 2 N–H and O–H groups in total. The molecule has 2 nitrogen and oxygen atoms in total. The van der Waals surface area contributed by atoms with E-state index in [1.165, 1.54) is 0 Å². The zero-order valence-electron chi connectivity index (χ0n) is 6.67. The van der Waals surface area contributed by atoms with Crippen molar-refractivity contribution >= 4 is 0 Å². The van der Waals surface area contributed by atoms with Gasteiger partial charge in [0.2, 0.25) is 0 Å². The van der Waals surface area contributed by atoms with E-state index in [9.17, 15) is 0 Å². The lowest BCUT2D eigenvalue weighted by atomic mass is 10.1. The number of aliphatic hydroxyl groups is 1. The summed E-state index contributed by atoms with van der Waals surface area (Å²) in [6.07, 6.45) is 0. The van der Waals surface area contributed by atoms with Crippen LogP contribution in [0.1, 0.15) is 11.1 Å². The summed E-state index contributed by atoms with van der Waals surface area (Å²) in [7, 11) is 1.90. The quantitative estimate of drug-likeness (QED) is 0.672. The highest BCUT2D eigenvalue weighted by Crippen LogP contribution is 2.07. The first-order valence-electron chi connectivity index (χ1n) is 3.70. The number of aliphatic hydroxyl groups excluding tert-OH is 1. The molecule has 0 aliphatic carbocycles. The minimum atomic E-state index is 0.123. The first kappa shape index (κ1) is 8.24. The molecule has 11 heavy (non-hydrogen) atoms. The van der Waals surface area contributed by atoms with Crippen LogP contribution in [0.15, 0.2) is 24.3 Å². The predicted octanol–water partition coefficient (Wildman–Crippen LogP) is 0.898. The lowest BCUT2D eigenvalue weighted by Gasteiger charge is -2.04. The van der Waals surface area contributed by atoms with Crippen molar-refractivity contribution in [1.82, 2.24) is 5.32 Å². The van der Waals surface area contributed by atoms with Gasteiger partial charge in [-0.15, -0.1) is 0 Å². The van der Waals surface area contributed by atoms with E-state index in [0.717, 1.165) is 17.7 Å². The normalized spacial score (nSPS) is 10.0. The first-order chi connectivity index (χ1) is 5.38. The van der Waals surface area contributed by atoms with E-state index >= 15 is 0 Å². The highest BCUT2D eigenvalue weighted by molar-refractivity contribution is 5.26. The van der Waals surface area contributed by atoms with Crippen LogP contribution in [0.3, 0.4) is 0 Å². The molecule has 0 unspecified atom stereocenters. The van der Waals surface area contributed by atoms with E-state index in [0.29, 0.717) is 0 Å². The van der Waals surface area contributed by atoms with E-state index in [4.69, 9.17) is 5.11 Å². The molecule has 0 heterocycles. The smallest absolute Gasteiger partial charge is 0.0685 e. The number of hydrogen-bond acceptors (Lipinski definition) is 2. The molecule has 2 heteroatoms. The summed E-state index contributed by atoms with van der Waals surface area (Å²) in [5.41, 5.74) is 2.17. The van der Waals surface area contributed by atoms with E-state index in [1.54, 1.807) is 0 Å². The molecule has 0 spiro atoms. The molecule has 0 saturated carbocycles. The number of nitrogens with one attached hydrogen (secondary N) is 1. The third-order valence-corrected chi connectivity index (χ3v) is 1.66. The summed E-state index contributed by atoms with van der Waals surface area (Å²) in [5, 5.41) is 12.0. The lowest BCUT2D eigenvalue weighted by molar-refractivity contribution is 0.280. The van der Waals surface area contributed by atoms with Crippen molar-refractivity contribution in [3.8, 4) is 0 Å². The number of benzene rings is 1. The van der Waals surface area contributed by atoms with Crippen LogP contribution in [0.4, 0.5) is 0 Å². The molecule has 0 fully saturated rings. The molecule has 0 amide bonds. The van der Waals surface area contributed by atoms with Gasteiger partial charge in [-0.05, 0) is 18.2 Å². The van der Waals surface area contributed by atoms with E-state index < -0.39 is 0 Å². The highest BCUT2D eigenvalue weighted by Gasteiger charge is 1.96. The van der Waals surface area contributed by atoms with Gasteiger partial charge in [-0.1, -0.05) is 24.3 Å². The summed E-state index contributed by atoms with van der Waals surface area (Å²) in [6.45, 7) is 0.939. The topological polar surface area (TPSA) is 32.3 Å². The zero-order chi connectivity index (χ0) is 8.10. The Labute approximate surface area is 66.9 Å². The highest BCUT2D eigenvalue weighted by atomic mass is 16.3. The maximum atomic E-state index is 8.92. The summed E-state index contributed by atoms with van der Waals surface area (Å²) >= 11 is 0. The third-order valence-electron chi connectivity index (χ3n) is 1.66. The molecule has 0 aromatic heterocycles. The Hall–Kier alpha value is -0.860. The van der Waals surface area contributed by atoms with Crippen LogP contribution < -0.4 is 5.32 Å². The fraction of sp³-hybridized carbons (Fsp3) is 0.333. The second-order valence-corrected chi connectivity index (χ2v) is 2.46. The minimum Gasteiger partial charge on any atom is -0.392 e. The average molecular weight is 151 g/mol.